The van der Waals surface area contributed by atoms with Crippen LogP contribution in [0.1, 0.15) is 6.42 Å². The summed E-state index contributed by atoms with van der Waals surface area (Å²) in [5.74, 6) is -0.760. The van der Waals surface area contributed by atoms with Crippen LogP contribution in [0.5, 0.6) is 0 Å². The highest BCUT2D eigenvalue weighted by Gasteiger charge is 2.35. The van der Waals surface area contributed by atoms with E-state index in [1.165, 1.54) is 6.07 Å². The van der Waals surface area contributed by atoms with E-state index in [1.807, 2.05) is 18.2 Å². The Labute approximate surface area is 192 Å². The number of benzene rings is 2. The minimum atomic E-state index is -0.727. The van der Waals surface area contributed by atoms with E-state index in [-0.39, 0.29) is 29.0 Å². The second-order valence-electron chi connectivity index (χ2n) is 7.82. The van der Waals surface area contributed by atoms with Gasteiger partial charge in [-0.15, -0.1) is 0 Å². The van der Waals surface area contributed by atoms with Gasteiger partial charge in [-0.1, -0.05) is 30.3 Å². The van der Waals surface area contributed by atoms with Crippen LogP contribution in [0.4, 0.5) is 15.8 Å². The molecule has 9 heteroatoms. The molecule has 2 fully saturated rings. The number of anilines is 2. The van der Waals surface area contributed by atoms with Gasteiger partial charge >= 0.3 is 0 Å². The highest BCUT2D eigenvalue weighted by Crippen LogP contribution is 2.19. The second kappa shape index (κ2) is 9.95. The van der Waals surface area contributed by atoms with E-state index >= 15 is 0 Å². The van der Waals surface area contributed by atoms with Gasteiger partial charge in [-0.2, -0.15) is 0 Å². The van der Waals surface area contributed by atoms with Crippen molar-refractivity contribution in [1.82, 2.24) is 15.1 Å². The fraction of sp³-hybridized carbons (Fsp3) is 0.348. The Bertz CT molecular complexity index is 981. The lowest BCUT2D eigenvalue weighted by molar-refractivity contribution is -0.137. The van der Waals surface area contributed by atoms with Crippen molar-refractivity contribution in [3.8, 4) is 0 Å². The van der Waals surface area contributed by atoms with E-state index in [1.54, 1.807) is 28.0 Å². The van der Waals surface area contributed by atoms with Crippen molar-refractivity contribution in [1.29, 1.82) is 0 Å². The molecular weight excluding hydrogens is 429 g/mol. The minimum absolute atomic E-state index is 0.0241. The standard InChI is InChI=1S/C23H26FN5O2S/c24-18-8-4-5-9-19(18)26-23(32)29-11-10-25-22(31)20(29)16-21(30)28-14-12-27(13-15-28)17-6-2-1-3-7-17/h1-9,20H,10-16H2,(H,25,31)(H,26,32). The Morgan fingerprint density at radius 2 is 1.72 bits per heavy atom. The van der Waals surface area contributed by atoms with E-state index in [9.17, 15) is 14.0 Å². The summed E-state index contributed by atoms with van der Waals surface area (Å²) in [4.78, 5) is 31.3. The highest BCUT2D eigenvalue weighted by molar-refractivity contribution is 7.80. The van der Waals surface area contributed by atoms with Crippen LogP contribution in [-0.2, 0) is 9.59 Å². The lowest BCUT2D eigenvalue weighted by atomic mass is 10.1. The molecule has 1 atom stereocenters. The summed E-state index contributed by atoms with van der Waals surface area (Å²) in [6, 6.07) is 15.6. The van der Waals surface area contributed by atoms with Gasteiger partial charge in [0.15, 0.2) is 5.11 Å². The van der Waals surface area contributed by atoms with Crippen LogP contribution in [0.2, 0.25) is 0 Å². The largest absolute Gasteiger partial charge is 0.368 e. The maximum absolute atomic E-state index is 14.0. The normalized spacial score (nSPS) is 18.8. The van der Waals surface area contributed by atoms with Gasteiger partial charge in [-0.05, 0) is 36.5 Å². The van der Waals surface area contributed by atoms with Crippen molar-refractivity contribution >= 4 is 40.5 Å². The molecule has 168 valence electrons. The fourth-order valence-corrected chi connectivity index (χ4v) is 4.39. The van der Waals surface area contributed by atoms with Crippen LogP contribution in [0.3, 0.4) is 0 Å². The molecule has 0 bridgehead atoms. The predicted octanol–water partition coefficient (Wildman–Crippen LogP) is 2.06. The third kappa shape index (κ3) is 4.99. The lowest BCUT2D eigenvalue weighted by Crippen LogP contribution is -2.60. The summed E-state index contributed by atoms with van der Waals surface area (Å²) in [5.41, 5.74) is 1.38. The van der Waals surface area contributed by atoms with Crippen LogP contribution in [0.25, 0.3) is 0 Å². The first-order chi connectivity index (χ1) is 15.5. The van der Waals surface area contributed by atoms with Crippen LogP contribution in [0.15, 0.2) is 54.6 Å². The average molecular weight is 456 g/mol. The monoisotopic (exact) mass is 455 g/mol. The van der Waals surface area contributed by atoms with Gasteiger partial charge in [0.25, 0.3) is 0 Å². The molecule has 2 amide bonds. The summed E-state index contributed by atoms with van der Waals surface area (Å²) in [7, 11) is 0. The SMILES string of the molecule is O=C1NCCN(C(=S)Nc2ccccc2F)C1CC(=O)N1CCN(c2ccccc2)CC1. The summed E-state index contributed by atoms with van der Waals surface area (Å²) in [5, 5.41) is 5.92. The van der Waals surface area contributed by atoms with Crippen molar-refractivity contribution in [2.24, 2.45) is 0 Å². The molecule has 2 saturated heterocycles. The van der Waals surface area contributed by atoms with Crippen LogP contribution in [0, 0.1) is 5.82 Å². The zero-order valence-corrected chi connectivity index (χ0v) is 18.5. The Morgan fingerprint density at radius 1 is 1.03 bits per heavy atom. The number of para-hydroxylation sites is 2. The Balaban J connectivity index is 1.37. The number of hydrogen-bond acceptors (Lipinski definition) is 4. The zero-order chi connectivity index (χ0) is 22.5. The molecule has 4 rings (SSSR count). The Morgan fingerprint density at radius 3 is 2.44 bits per heavy atom. The molecule has 2 aromatic carbocycles. The van der Waals surface area contributed by atoms with E-state index in [2.05, 4.69) is 27.7 Å². The first kappa shape index (κ1) is 22.0. The molecule has 0 saturated carbocycles. The molecule has 2 heterocycles. The number of nitrogens with one attached hydrogen (secondary N) is 2. The lowest BCUT2D eigenvalue weighted by Gasteiger charge is -2.39. The third-order valence-electron chi connectivity index (χ3n) is 5.83. The van der Waals surface area contributed by atoms with Crippen LogP contribution < -0.4 is 15.5 Å². The number of nitrogens with zero attached hydrogens (tertiary/aromatic N) is 3. The van der Waals surface area contributed by atoms with E-state index in [4.69, 9.17) is 12.2 Å². The van der Waals surface area contributed by atoms with Gasteiger partial charge in [0.1, 0.15) is 11.9 Å². The van der Waals surface area contributed by atoms with Crippen molar-refractivity contribution in [3.63, 3.8) is 0 Å². The third-order valence-corrected chi connectivity index (χ3v) is 6.17. The minimum Gasteiger partial charge on any atom is -0.368 e. The summed E-state index contributed by atoms with van der Waals surface area (Å²) >= 11 is 5.46. The Kier molecular flexibility index (Phi) is 6.84. The van der Waals surface area contributed by atoms with Crippen molar-refractivity contribution in [2.75, 3.05) is 49.5 Å². The average Bonchev–Trinajstić information content (AvgIpc) is 2.82. The number of rotatable bonds is 4. The molecule has 32 heavy (non-hydrogen) atoms. The van der Waals surface area contributed by atoms with Crippen LogP contribution >= 0.6 is 12.2 Å². The van der Waals surface area contributed by atoms with Gasteiger partial charge in [-0.3, -0.25) is 9.59 Å². The number of carbonyl (C=O) groups excluding carboxylic acids is 2. The second-order valence-corrected chi connectivity index (χ2v) is 8.20. The van der Waals surface area contributed by atoms with Gasteiger partial charge in [0.2, 0.25) is 11.8 Å². The topological polar surface area (TPSA) is 67.9 Å². The number of thiocarbonyl (C=S) groups is 1. The summed E-state index contributed by atoms with van der Waals surface area (Å²) < 4.78 is 14.0. The zero-order valence-electron chi connectivity index (χ0n) is 17.7. The van der Waals surface area contributed by atoms with Crippen molar-refractivity contribution in [2.45, 2.75) is 12.5 Å². The number of halogens is 1. The molecule has 7 nitrogen and oxygen atoms in total. The summed E-state index contributed by atoms with van der Waals surface area (Å²) in [6.45, 7) is 3.54. The number of piperazine rings is 2. The summed E-state index contributed by atoms with van der Waals surface area (Å²) in [6.07, 6.45) is 0.0241. The number of carbonyl (C=O) groups is 2. The molecule has 1 unspecified atom stereocenters. The molecule has 0 radical (unpaired) electrons. The molecule has 2 N–H and O–H groups in total. The maximum Gasteiger partial charge on any atom is 0.243 e. The number of amides is 2. The highest BCUT2D eigenvalue weighted by atomic mass is 32.1. The predicted molar refractivity (Wildman–Crippen MR) is 126 cm³/mol. The molecule has 2 aromatic rings. The molecule has 2 aliphatic heterocycles. The van der Waals surface area contributed by atoms with Crippen molar-refractivity contribution < 1.29 is 14.0 Å². The molecule has 0 aliphatic carbocycles. The molecule has 0 spiro atoms. The fourth-order valence-electron chi connectivity index (χ4n) is 4.06. The van der Waals surface area contributed by atoms with Gasteiger partial charge in [0, 0.05) is 45.0 Å². The molecular formula is C23H26FN5O2S. The van der Waals surface area contributed by atoms with Gasteiger partial charge in [-0.25, -0.2) is 4.39 Å². The van der Waals surface area contributed by atoms with E-state index < -0.39 is 11.9 Å². The molecule has 2 aliphatic rings. The quantitative estimate of drug-likeness (QED) is 0.688. The maximum atomic E-state index is 14.0. The van der Waals surface area contributed by atoms with Gasteiger partial charge < -0.3 is 25.3 Å². The first-order valence-corrected chi connectivity index (χ1v) is 11.1. The Hall–Kier alpha value is -3.20. The van der Waals surface area contributed by atoms with Crippen molar-refractivity contribution in [3.05, 3.63) is 60.4 Å². The first-order valence-electron chi connectivity index (χ1n) is 10.7. The molecule has 0 aromatic heterocycles. The van der Waals surface area contributed by atoms with E-state index in [0.29, 0.717) is 26.2 Å². The van der Waals surface area contributed by atoms with Crippen LogP contribution in [-0.4, -0.2) is 72.0 Å². The van der Waals surface area contributed by atoms with E-state index in [0.717, 1.165) is 18.8 Å². The number of hydrogen-bond donors (Lipinski definition) is 2. The smallest absolute Gasteiger partial charge is 0.243 e. The van der Waals surface area contributed by atoms with Gasteiger partial charge in [0.05, 0.1) is 12.1 Å².